The summed E-state index contributed by atoms with van der Waals surface area (Å²) in [5.41, 5.74) is 0.983. The standard InChI is InChI=1S/C20H25N3O4S2/c1-13(18(25)23-19(26)21-14-7-2-3-8-14)27-17(24)11-6-12-28-20-22-15-9-4-5-10-16(15)29-20/h4-5,9-10,13-14H,2-3,6-8,11-12H2,1H3,(H2,21,23,25,26)/t13-/m0/s1. The number of urea groups is 1. The molecule has 9 heteroatoms. The van der Waals surface area contributed by atoms with Crippen LogP contribution in [0.15, 0.2) is 28.6 Å². The van der Waals surface area contributed by atoms with Crippen LogP contribution in [0.5, 0.6) is 0 Å². The second-order valence-corrected chi connectivity index (χ2v) is 9.35. The van der Waals surface area contributed by atoms with E-state index in [0.29, 0.717) is 6.42 Å². The Morgan fingerprint density at radius 2 is 2.03 bits per heavy atom. The molecule has 29 heavy (non-hydrogen) atoms. The number of imide groups is 1. The van der Waals surface area contributed by atoms with Gasteiger partial charge in [-0.05, 0) is 38.3 Å². The van der Waals surface area contributed by atoms with E-state index in [0.717, 1.165) is 46.0 Å². The van der Waals surface area contributed by atoms with Crippen molar-refractivity contribution in [3.8, 4) is 0 Å². The number of ether oxygens (including phenoxy) is 1. The van der Waals surface area contributed by atoms with Gasteiger partial charge in [0.2, 0.25) is 0 Å². The number of thioether (sulfide) groups is 1. The zero-order valence-corrected chi connectivity index (χ0v) is 17.9. The average Bonchev–Trinajstić information content (AvgIpc) is 3.34. The maximum atomic E-state index is 12.0. The first-order chi connectivity index (χ1) is 14.0. The van der Waals surface area contributed by atoms with Crippen molar-refractivity contribution in [2.24, 2.45) is 0 Å². The molecule has 7 nitrogen and oxygen atoms in total. The zero-order chi connectivity index (χ0) is 20.6. The third kappa shape index (κ3) is 6.71. The number of esters is 1. The summed E-state index contributed by atoms with van der Waals surface area (Å²) in [5, 5.41) is 5.00. The highest BCUT2D eigenvalue weighted by Gasteiger charge is 2.22. The van der Waals surface area contributed by atoms with Crippen molar-refractivity contribution in [1.29, 1.82) is 0 Å². The van der Waals surface area contributed by atoms with Crippen molar-refractivity contribution in [3.63, 3.8) is 0 Å². The Labute approximate surface area is 178 Å². The van der Waals surface area contributed by atoms with Crippen molar-refractivity contribution in [3.05, 3.63) is 24.3 Å². The van der Waals surface area contributed by atoms with Gasteiger partial charge < -0.3 is 10.1 Å². The first-order valence-electron chi connectivity index (χ1n) is 9.80. The van der Waals surface area contributed by atoms with Gasteiger partial charge in [0.15, 0.2) is 10.4 Å². The van der Waals surface area contributed by atoms with Crippen LogP contribution in [0.4, 0.5) is 4.79 Å². The number of nitrogens with one attached hydrogen (secondary N) is 2. The topological polar surface area (TPSA) is 97.4 Å². The van der Waals surface area contributed by atoms with Crippen molar-refractivity contribution >= 4 is 51.2 Å². The van der Waals surface area contributed by atoms with E-state index in [2.05, 4.69) is 15.6 Å². The van der Waals surface area contributed by atoms with Gasteiger partial charge in [-0.2, -0.15) is 0 Å². The number of hydrogen-bond donors (Lipinski definition) is 2. The Morgan fingerprint density at radius 3 is 2.79 bits per heavy atom. The van der Waals surface area contributed by atoms with Gasteiger partial charge in [-0.15, -0.1) is 11.3 Å². The van der Waals surface area contributed by atoms with E-state index in [-0.39, 0.29) is 12.5 Å². The van der Waals surface area contributed by atoms with Crippen LogP contribution in [0, 0.1) is 0 Å². The fourth-order valence-corrected chi connectivity index (χ4v) is 5.18. The summed E-state index contributed by atoms with van der Waals surface area (Å²) in [4.78, 5) is 40.3. The monoisotopic (exact) mass is 435 g/mol. The van der Waals surface area contributed by atoms with E-state index < -0.39 is 24.0 Å². The van der Waals surface area contributed by atoms with E-state index in [4.69, 9.17) is 4.74 Å². The van der Waals surface area contributed by atoms with Gasteiger partial charge >= 0.3 is 12.0 Å². The fourth-order valence-electron chi connectivity index (χ4n) is 3.10. The molecule has 156 valence electrons. The Balaban J connectivity index is 1.31. The maximum Gasteiger partial charge on any atom is 0.321 e. The summed E-state index contributed by atoms with van der Waals surface area (Å²) in [6, 6.07) is 7.55. The quantitative estimate of drug-likeness (QED) is 0.371. The van der Waals surface area contributed by atoms with Gasteiger partial charge in [0.25, 0.3) is 5.91 Å². The molecule has 1 fully saturated rings. The summed E-state index contributed by atoms with van der Waals surface area (Å²) in [6.07, 6.45) is 3.87. The van der Waals surface area contributed by atoms with Crippen LogP contribution in [0.2, 0.25) is 0 Å². The zero-order valence-electron chi connectivity index (χ0n) is 16.3. The lowest BCUT2D eigenvalue weighted by Crippen LogP contribution is -2.47. The van der Waals surface area contributed by atoms with Crippen LogP contribution in [-0.2, 0) is 14.3 Å². The average molecular weight is 436 g/mol. The minimum absolute atomic E-state index is 0.119. The third-order valence-corrected chi connectivity index (χ3v) is 6.90. The molecule has 1 saturated carbocycles. The molecule has 1 atom stereocenters. The fraction of sp³-hybridized carbons (Fsp3) is 0.500. The van der Waals surface area contributed by atoms with E-state index in [1.165, 1.54) is 6.92 Å². The van der Waals surface area contributed by atoms with Crippen LogP contribution in [0.1, 0.15) is 45.4 Å². The van der Waals surface area contributed by atoms with Gasteiger partial charge in [-0.25, -0.2) is 9.78 Å². The number of fused-ring (bicyclic) bond motifs is 1. The highest BCUT2D eigenvalue weighted by atomic mass is 32.2. The molecule has 1 heterocycles. The van der Waals surface area contributed by atoms with Crippen molar-refractivity contribution in [2.75, 3.05) is 5.75 Å². The molecule has 1 aromatic carbocycles. The number of thiazole rings is 1. The Morgan fingerprint density at radius 1 is 1.28 bits per heavy atom. The normalized spacial score (nSPS) is 15.2. The Hall–Kier alpha value is -2.13. The predicted molar refractivity (Wildman–Crippen MR) is 114 cm³/mol. The molecule has 0 aliphatic heterocycles. The van der Waals surface area contributed by atoms with E-state index in [9.17, 15) is 14.4 Å². The minimum atomic E-state index is -1.01. The Bertz CT molecular complexity index is 831. The molecular formula is C20H25N3O4S2. The number of carbonyl (C=O) groups excluding carboxylic acids is 3. The molecule has 0 spiro atoms. The first kappa shape index (κ1) is 21.6. The molecular weight excluding hydrogens is 410 g/mol. The highest BCUT2D eigenvalue weighted by Crippen LogP contribution is 2.29. The first-order valence-corrected chi connectivity index (χ1v) is 11.6. The molecule has 0 saturated heterocycles. The number of benzene rings is 1. The SMILES string of the molecule is C[C@H](OC(=O)CCCSc1nc2ccccc2s1)C(=O)NC(=O)NC1CCCC1. The Kier molecular flexibility index (Phi) is 7.88. The van der Waals surface area contributed by atoms with Gasteiger partial charge in [-0.3, -0.25) is 14.9 Å². The van der Waals surface area contributed by atoms with Gasteiger partial charge in [0.1, 0.15) is 0 Å². The maximum absolute atomic E-state index is 12.0. The van der Waals surface area contributed by atoms with Gasteiger partial charge in [-0.1, -0.05) is 36.7 Å². The molecule has 1 aliphatic rings. The molecule has 0 radical (unpaired) electrons. The molecule has 3 rings (SSSR count). The van der Waals surface area contributed by atoms with Crippen molar-refractivity contribution in [2.45, 2.75) is 61.9 Å². The summed E-state index contributed by atoms with van der Waals surface area (Å²) in [7, 11) is 0. The molecule has 2 aromatic rings. The van der Waals surface area contributed by atoms with E-state index in [1.807, 2.05) is 24.3 Å². The molecule has 0 unspecified atom stereocenters. The number of carbonyl (C=O) groups is 3. The molecule has 1 aliphatic carbocycles. The summed E-state index contributed by atoms with van der Waals surface area (Å²) in [5.74, 6) is -0.328. The minimum Gasteiger partial charge on any atom is -0.453 e. The number of nitrogens with zero attached hydrogens (tertiary/aromatic N) is 1. The van der Waals surface area contributed by atoms with Crippen LogP contribution >= 0.6 is 23.1 Å². The molecule has 2 N–H and O–H groups in total. The van der Waals surface area contributed by atoms with Crippen LogP contribution in [0.25, 0.3) is 10.2 Å². The lowest BCUT2D eigenvalue weighted by Gasteiger charge is -2.15. The van der Waals surface area contributed by atoms with Crippen LogP contribution in [0.3, 0.4) is 0 Å². The van der Waals surface area contributed by atoms with Crippen molar-refractivity contribution in [1.82, 2.24) is 15.6 Å². The van der Waals surface area contributed by atoms with Gasteiger partial charge in [0.05, 0.1) is 10.2 Å². The van der Waals surface area contributed by atoms with Gasteiger partial charge in [0, 0.05) is 18.2 Å². The largest absolute Gasteiger partial charge is 0.453 e. The molecule has 1 aromatic heterocycles. The van der Waals surface area contributed by atoms with E-state index in [1.54, 1.807) is 23.1 Å². The second kappa shape index (κ2) is 10.6. The summed E-state index contributed by atoms with van der Waals surface area (Å²) in [6.45, 7) is 1.46. The number of aromatic nitrogens is 1. The van der Waals surface area contributed by atoms with Crippen LogP contribution < -0.4 is 10.6 Å². The molecule has 3 amide bonds. The van der Waals surface area contributed by atoms with E-state index >= 15 is 0 Å². The smallest absolute Gasteiger partial charge is 0.321 e. The predicted octanol–water partition coefficient (Wildman–Crippen LogP) is 3.87. The number of amides is 3. The van der Waals surface area contributed by atoms with Crippen LogP contribution in [-0.4, -0.2) is 40.8 Å². The highest BCUT2D eigenvalue weighted by molar-refractivity contribution is 8.01. The summed E-state index contributed by atoms with van der Waals surface area (Å²) >= 11 is 3.24. The second-order valence-electron chi connectivity index (χ2n) is 6.98. The number of para-hydroxylation sites is 1. The number of hydrogen-bond acceptors (Lipinski definition) is 7. The third-order valence-electron chi connectivity index (χ3n) is 4.63. The van der Waals surface area contributed by atoms with Crippen molar-refractivity contribution < 1.29 is 19.1 Å². The number of rotatable bonds is 8. The lowest BCUT2D eigenvalue weighted by atomic mass is 10.2. The lowest BCUT2D eigenvalue weighted by molar-refractivity contribution is -0.154. The molecule has 0 bridgehead atoms. The summed E-state index contributed by atoms with van der Waals surface area (Å²) < 4.78 is 7.25.